The highest BCUT2D eigenvalue weighted by Crippen LogP contribution is 2.23. The fraction of sp³-hybridized carbons (Fsp3) is 0.182. The Hall–Kier alpha value is -3.43. The van der Waals surface area contributed by atoms with Gasteiger partial charge in [0.1, 0.15) is 11.3 Å². The van der Waals surface area contributed by atoms with Gasteiger partial charge in [0.15, 0.2) is 6.61 Å². The van der Waals surface area contributed by atoms with Crippen LogP contribution in [0.1, 0.15) is 32.1 Å². The normalized spacial score (nSPS) is 11.2. The van der Waals surface area contributed by atoms with Crippen molar-refractivity contribution in [2.75, 3.05) is 13.7 Å². The number of methoxy groups -OCH3 is 1. The molecule has 8 nitrogen and oxygen atoms in total. The zero-order valence-electron chi connectivity index (χ0n) is 17.3. The van der Waals surface area contributed by atoms with Crippen molar-refractivity contribution < 1.29 is 27.5 Å². The van der Waals surface area contributed by atoms with E-state index >= 15 is 0 Å². The number of para-hydroxylation sites is 1. The first kappa shape index (κ1) is 22.3. The zero-order valence-corrected chi connectivity index (χ0v) is 18.1. The van der Waals surface area contributed by atoms with E-state index in [9.17, 15) is 18.0 Å². The van der Waals surface area contributed by atoms with Crippen LogP contribution in [0.3, 0.4) is 0 Å². The molecule has 3 rings (SSSR count). The van der Waals surface area contributed by atoms with Gasteiger partial charge in [0.25, 0.3) is 0 Å². The van der Waals surface area contributed by atoms with Crippen molar-refractivity contribution in [2.45, 2.75) is 18.7 Å². The largest absolute Gasteiger partial charge is 0.496 e. The van der Waals surface area contributed by atoms with Crippen LogP contribution in [0.2, 0.25) is 0 Å². The molecule has 1 heterocycles. The molecular formula is C22H22N2O6S. The summed E-state index contributed by atoms with van der Waals surface area (Å²) in [7, 11) is -2.35. The smallest absolute Gasteiger partial charge is 0.342 e. The highest BCUT2D eigenvalue weighted by Gasteiger charge is 2.20. The molecule has 0 spiro atoms. The number of aryl methyl sites for hydroxylation is 1. The van der Waals surface area contributed by atoms with Crippen molar-refractivity contribution in [2.24, 2.45) is 5.14 Å². The summed E-state index contributed by atoms with van der Waals surface area (Å²) < 4.78 is 35.0. The van der Waals surface area contributed by atoms with E-state index in [2.05, 4.69) is 0 Å². The van der Waals surface area contributed by atoms with Crippen LogP contribution in [-0.2, 0) is 14.8 Å². The Labute approximate surface area is 180 Å². The third-order valence-corrected chi connectivity index (χ3v) is 5.75. The average Bonchev–Trinajstić information content (AvgIpc) is 3.05. The molecule has 0 radical (unpaired) electrons. The fourth-order valence-electron chi connectivity index (χ4n) is 3.33. The lowest BCUT2D eigenvalue weighted by molar-refractivity contribution is 0.0471. The number of hydrogen-bond acceptors (Lipinski definition) is 6. The van der Waals surface area contributed by atoms with E-state index in [0.717, 1.165) is 5.69 Å². The monoisotopic (exact) mass is 442 g/mol. The average molecular weight is 442 g/mol. The van der Waals surface area contributed by atoms with Gasteiger partial charge in [-0.1, -0.05) is 12.1 Å². The van der Waals surface area contributed by atoms with E-state index in [1.807, 2.05) is 11.5 Å². The Morgan fingerprint density at radius 3 is 2.26 bits per heavy atom. The second-order valence-electron chi connectivity index (χ2n) is 6.86. The Morgan fingerprint density at radius 1 is 1.00 bits per heavy atom. The Morgan fingerprint density at radius 2 is 1.65 bits per heavy atom. The number of sulfonamides is 1. The maximum Gasteiger partial charge on any atom is 0.342 e. The van der Waals surface area contributed by atoms with Crippen LogP contribution in [0.4, 0.5) is 0 Å². The summed E-state index contributed by atoms with van der Waals surface area (Å²) in [4.78, 5) is 25.1. The summed E-state index contributed by atoms with van der Waals surface area (Å²) in [5, 5.41) is 5.14. The number of benzene rings is 2. The van der Waals surface area contributed by atoms with E-state index in [4.69, 9.17) is 14.6 Å². The van der Waals surface area contributed by atoms with Crippen LogP contribution >= 0.6 is 0 Å². The molecule has 31 heavy (non-hydrogen) atoms. The van der Waals surface area contributed by atoms with Crippen molar-refractivity contribution in [1.82, 2.24) is 4.57 Å². The summed E-state index contributed by atoms with van der Waals surface area (Å²) in [6.45, 7) is 3.15. The van der Waals surface area contributed by atoms with E-state index in [0.29, 0.717) is 22.7 Å². The summed E-state index contributed by atoms with van der Waals surface area (Å²) >= 11 is 0. The number of nitrogens with two attached hydrogens (primary N) is 1. The molecule has 0 aliphatic heterocycles. The van der Waals surface area contributed by atoms with Crippen molar-refractivity contribution in [3.05, 3.63) is 77.1 Å². The minimum atomic E-state index is -3.79. The zero-order chi connectivity index (χ0) is 22.8. The van der Waals surface area contributed by atoms with E-state index in [1.165, 1.54) is 19.2 Å². The van der Waals surface area contributed by atoms with Crippen LogP contribution < -0.4 is 9.88 Å². The number of esters is 1. The van der Waals surface area contributed by atoms with Gasteiger partial charge in [0.05, 0.1) is 12.0 Å². The van der Waals surface area contributed by atoms with Crippen LogP contribution in [0.15, 0.2) is 59.5 Å². The summed E-state index contributed by atoms with van der Waals surface area (Å²) in [6, 6.07) is 14.3. The molecule has 0 fully saturated rings. The number of ether oxygens (including phenoxy) is 2. The van der Waals surface area contributed by atoms with Crippen molar-refractivity contribution in [3.63, 3.8) is 0 Å². The number of nitrogens with zero attached hydrogens (tertiary/aromatic N) is 1. The Kier molecular flexibility index (Phi) is 6.28. The molecule has 0 aliphatic rings. The second kappa shape index (κ2) is 8.75. The number of hydrogen-bond donors (Lipinski definition) is 1. The third kappa shape index (κ3) is 4.68. The van der Waals surface area contributed by atoms with Gasteiger partial charge in [-0.05, 0) is 56.3 Å². The summed E-state index contributed by atoms with van der Waals surface area (Å²) in [5.41, 5.74) is 2.71. The first-order chi connectivity index (χ1) is 14.6. The van der Waals surface area contributed by atoms with Gasteiger partial charge >= 0.3 is 5.97 Å². The van der Waals surface area contributed by atoms with Crippen molar-refractivity contribution in [1.29, 1.82) is 0 Å². The molecule has 3 aromatic rings. The highest BCUT2D eigenvalue weighted by atomic mass is 32.2. The van der Waals surface area contributed by atoms with Gasteiger partial charge in [-0.15, -0.1) is 0 Å². The quantitative estimate of drug-likeness (QED) is 0.444. The topological polar surface area (TPSA) is 118 Å². The summed E-state index contributed by atoms with van der Waals surface area (Å²) in [6.07, 6.45) is 0. The first-order valence-corrected chi connectivity index (χ1v) is 10.8. The third-order valence-electron chi connectivity index (χ3n) is 4.82. The number of aromatic nitrogens is 1. The highest BCUT2D eigenvalue weighted by molar-refractivity contribution is 7.89. The predicted octanol–water partition coefficient (Wildman–Crippen LogP) is 2.79. The Bertz CT molecular complexity index is 1240. The molecule has 0 unspecified atom stereocenters. The lowest BCUT2D eigenvalue weighted by Gasteiger charge is -2.11. The maximum atomic E-state index is 12.7. The molecule has 0 saturated carbocycles. The molecular weight excluding hydrogens is 420 g/mol. The molecule has 9 heteroatoms. The van der Waals surface area contributed by atoms with Crippen LogP contribution in [0.5, 0.6) is 5.75 Å². The first-order valence-electron chi connectivity index (χ1n) is 9.29. The number of carbonyl (C=O) groups excluding carboxylic acids is 2. The van der Waals surface area contributed by atoms with Crippen molar-refractivity contribution >= 4 is 21.8 Å². The summed E-state index contributed by atoms with van der Waals surface area (Å²) in [5.74, 6) is -0.650. The lowest BCUT2D eigenvalue weighted by Crippen LogP contribution is -2.15. The molecule has 2 N–H and O–H groups in total. The molecule has 0 saturated heterocycles. The van der Waals surface area contributed by atoms with Gasteiger partial charge in [0, 0.05) is 22.6 Å². The molecule has 0 atom stereocenters. The van der Waals surface area contributed by atoms with Crippen LogP contribution in [0.25, 0.3) is 5.69 Å². The van der Waals surface area contributed by atoms with E-state index < -0.39 is 22.6 Å². The van der Waals surface area contributed by atoms with Gasteiger partial charge in [-0.2, -0.15) is 0 Å². The predicted molar refractivity (Wildman–Crippen MR) is 114 cm³/mol. The second-order valence-corrected chi connectivity index (χ2v) is 8.42. The standard InChI is InChI=1S/C22H22N2O6S/c1-14-12-19(15(2)24(14)16-8-10-17(11-9-16)31(23,27)28)20(25)13-30-22(26)18-6-4-5-7-21(18)29-3/h4-12H,13H2,1-3H3,(H2,23,27,28). The SMILES string of the molecule is COc1ccccc1C(=O)OCC(=O)c1cc(C)n(-c2ccc(S(N)(=O)=O)cc2)c1C. The number of rotatable bonds is 7. The molecule has 0 bridgehead atoms. The van der Waals surface area contributed by atoms with E-state index in [-0.39, 0.29) is 16.2 Å². The minimum Gasteiger partial charge on any atom is -0.496 e. The molecule has 162 valence electrons. The molecule has 0 amide bonds. The van der Waals surface area contributed by atoms with Gasteiger partial charge in [-0.3, -0.25) is 4.79 Å². The number of carbonyl (C=O) groups is 2. The molecule has 1 aromatic heterocycles. The van der Waals surface area contributed by atoms with Gasteiger partial charge in [-0.25, -0.2) is 18.4 Å². The number of primary sulfonamides is 1. The van der Waals surface area contributed by atoms with Gasteiger partial charge < -0.3 is 14.0 Å². The van der Waals surface area contributed by atoms with Crippen LogP contribution in [-0.4, -0.2) is 38.5 Å². The van der Waals surface area contributed by atoms with Crippen LogP contribution in [0, 0.1) is 13.8 Å². The van der Waals surface area contributed by atoms with E-state index in [1.54, 1.807) is 49.4 Å². The van der Waals surface area contributed by atoms with Crippen molar-refractivity contribution in [3.8, 4) is 11.4 Å². The molecule has 0 aliphatic carbocycles. The van der Waals surface area contributed by atoms with Gasteiger partial charge in [0.2, 0.25) is 15.8 Å². The minimum absolute atomic E-state index is 0.00161. The Balaban J connectivity index is 1.80. The number of ketones is 1. The molecule has 2 aromatic carbocycles. The fourth-order valence-corrected chi connectivity index (χ4v) is 3.84. The maximum absolute atomic E-state index is 12.7. The number of Topliss-reactive ketones (excluding diaryl/α,β-unsaturated/α-hetero) is 1. The lowest BCUT2D eigenvalue weighted by atomic mass is 10.1.